The molecule has 0 spiro atoms. The summed E-state index contributed by atoms with van der Waals surface area (Å²) in [4.78, 5) is 17.5. The Hall–Kier alpha value is -1.66. The third-order valence-electron chi connectivity index (χ3n) is 4.54. The number of fused-ring (bicyclic) bond motifs is 1. The minimum absolute atomic E-state index is 0.397. The van der Waals surface area contributed by atoms with Gasteiger partial charge < -0.3 is 4.98 Å². The second kappa shape index (κ2) is 5.52. The van der Waals surface area contributed by atoms with E-state index in [2.05, 4.69) is 39.3 Å². The number of likely N-dealkylation sites (tertiary alicyclic amines) is 1. The van der Waals surface area contributed by atoms with Crippen molar-refractivity contribution in [1.29, 1.82) is 0 Å². The third-order valence-corrected chi connectivity index (χ3v) is 5.44. The summed E-state index contributed by atoms with van der Waals surface area (Å²) < 4.78 is 2.27. The van der Waals surface area contributed by atoms with Crippen LogP contribution in [-0.2, 0) is 6.54 Å². The second-order valence-electron chi connectivity index (χ2n) is 6.09. The highest BCUT2D eigenvalue weighted by molar-refractivity contribution is 7.17. The Balaban J connectivity index is 1.66. The van der Waals surface area contributed by atoms with Gasteiger partial charge in [-0.05, 0) is 33.2 Å². The monoisotopic (exact) mass is 315 g/mol. The number of aromatic nitrogens is 4. The van der Waals surface area contributed by atoms with Crippen LogP contribution >= 0.6 is 11.3 Å². The fraction of sp³-hybridized carbons (Fsp3) is 0.500. The number of nitrogens with one attached hydrogen (secondary N) is 1. The molecule has 1 aliphatic rings. The van der Waals surface area contributed by atoms with Crippen molar-refractivity contribution >= 4 is 16.3 Å². The van der Waals surface area contributed by atoms with Crippen LogP contribution in [0.15, 0.2) is 18.6 Å². The summed E-state index contributed by atoms with van der Waals surface area (Å²) in [7, 11) is 0. The van der Waals surface area contributed by atoms with E-state index in [1.807, 2.05) is 12.4 Å². The van der Waals surface area contributed by atoms with E-state index in [-0.39, 0.29) is 0 Å². The minimum Gasteiger partial charge on any atom is -0.347 e. The van der Waals surface area contributed by atoms with Gasteiger partial charge in [-0.2, -0.15) is 0 Å². The molecule has 3 aromatic heterocycles. The molecule has 0 saturated carbocycles. The van der Waals surface area contributed by atoms with Crippen LogP contribution in [0.1, 0.15) is 47.4 Å². The van der Waals surface area contributed by atoms with Crippen molar-refractivity contribution in [2.45, 2.75) is 45.7 Å². The molecule has 1 saturated heterocycles. The van der Waals surface area contributed by atoms with Crippen molar-refractivity contribution in [2.24, 2.45) is 0 Å². The molecule has 5 nitrogen and oxygen atoms in total. The Morgan fingerprint density at radius 3 is 3.09 bits per heavy atom. The Bertz CT molecular complexity index is 770. The smallest absolute Gasteiger partial charge is 0.194 e. The Kier molecular flexibility index (Phi) is 3.50. The van der Waals surface area contributed by atoms with Gasteiger partial charge in [-0.25, -0.2) is 9.97 Å². The summed E-state index contributed by atoms with van der Waals surface area (Å²) >= 11 is 1.76. The highest BCUT2D eigenvalue weighted by Gasteiger charge is 2.27. The standard InChI is InChI=1S/C16H21N5S/c1-11-9-21-14(12(2)19-16(21)22-11)10-20-8-4-3-5-13(20)15-17-6-7-18-15/h6-7,9,13H,3-5,8,10H2,1-2H3,(H,17,18)/t13-/m1/s1. The van der Waals surface area contributed by atoms with Gasteiger partial charge in [-0.3, -0.25) is 9.30 Å². The molecule has 4 rings (SSSR count). The van der Waals surface area contributed by atoms with Crippen LogP contribution in [-0.4, -0.2) is 30.8 Å². The largest absolute Gasteiger partial charge is 0.347 e. The van der Waals surface area contributed by atoms with Crippen molar-refractivity contribution in [3.8, 4) is 0 Å². The molecule has 1 aliphatic heterocycles. The van der Waals surface area contributed by atoms with Gasteiger partial charge in [-0.15, -0.1) is 11.3 Å². The molecule has 6 heteroatoms. The van der Waals surface area contributed by atoms with Gasteiger partial charge in [0.15, 0.2) is 4.96 Å². The Morgan fingerprint density at radius 2 is 2.27 bits per heavy atom. The van der Waals surface area contributed by atoms with E-state index in [0.717, 1.165) is 29.6 Å². The maximum Gasteiger partial charge on any atom is 0.194 e. The fourth-order valence-corrected chi connectivity index (χ4v) is 4.33. The number of aryl methyl sites for hydroxylation is 2. The molecule has 4 heterocycles. The van der Waals surface area contributed by atoms with E-state index in [4.69, 9.17) is 4.98 Å². The average molecular weight is 315 g/mol. The molecule has 0 amide bonds. The second-order valence-corrected chi connectivity index (χ2v) is 7.31. The van der Waals surface area contributed by atoms with Crippen LogP contribution < -0.4 is 0 Å². The van der Waals surface area contributed by atoms with Gasteiger partial charge in [-0.1, -0.05) is 6.42 Å². The molecule has 1 atom stereocenters. The first kappa shape index (κ1) is 14.0. The number of hydrogen-bond acceptors (Lipinski definition) is 4. The van der Waals surface area contributed by atoms with Crippen molar-refractivity contribution in [2.75, 3.05) is 6.54 Å². The number of piperidine rings is 1. The van der Waals surface area contributed by atoms with Gasteiger partial charge >= 0.3 is 0 Å². The maximum absolute atomic E-state index is 4.72. The zero-order valence-corrected chi connectivity index (χ0v) is 13.9. The van der Waals surface area contributed by atoms with Crippen molar-refractivity contribution in [3.63, 3.8) is 0 Å². The predicted molar refractivity (Wildman–Crippen MR) is 88.1 cm³/mol. The van der Waals surface area contributed by atoms with Gasteiger partial charge in [0, 0.05) is 30.0 Å². The number of rotatable bonds is 3. The lowest BCUT2D eigenvalue weighted by molar-refractivity contribution is 0.132. The number of H-pyrrole nitrogens is 1. The quantitative estimate of drug-likeness (QED) is 0.805. The molecule has 0 radical (unpaired) electrons. The van der Waals surface area contributed by atoms with E-state index in [0.29, 0.717) is 6.04 Å². The minimum atomic E-state index is 0.397. The molecule has 116 valence electrons. The summed E-state index contributed by atoms with van der Waals surface area (Å²) in [5.41, 5.74) is 2.47. The van der Waals surface area contributed by atoms with Gasteiger partial charge in [0.05, 0.1) is 17.4 Å². The Labute approximate surface area is 134 Å². The first-order valence-corrected chi connectivity index (χ1v) is 8.71. The van der Waals surface area contributed by atoms with Crippen LogP contribution in [0.2, 0.25) is 0 Å². The summed E-state index contributed by atoms with van der Waals surface area (Å²) in [5, 5.41) is 0. The molecule has 0 bridgehead atoms. The molecule has 3 aromatic rings. The fourth-order valence-electron chi connectivity index (χ4n) is 3.44. The van der Waals surface area contributed by atoms with E-state index < -0.39 is 0 Å². The lowest BCUT2D eigenvalue weighted by Crippen LogP contribution is -2.34. The normalized spacial score (nSPS) is 20.0. The summed E-state index contributed by atoms with van der Waals surface area (Å²) in [6.45, 7) is 6.33. The number of hydrogen-bond donors (Lipinski definition) is 1. The summed E-state index contributed by atoms with van der Waals surface area (Å²) in [5.74, 6) is 1.10. The summed E-state index contributed by atoms with van der Waals surface area (Å²) in [6.07, 6.45) is 9.71. The highest BCUT2D eigenvalue weighted by Crippen LogP contribution is 2.31. The first-order chi connectivity index (χ1) is 10.7. The van der Waals surface area contributed by atoms with Gasteiger partial charge in [0.25, 0.3) is 0 Å². The van der Waals surface area contributed by atoms with Crippen LogP contribution in [0, 0.1) is 13.8 Å². The van der Waals surface area contributed by atoms with E-state index in [1.54, 1.807) is 11.3 Å². The number of thiazole rings is 1. The maximum atomic E-state index is 4.72. The zero-order valence-electron chi connectivity index (χ0n) is 13.0. The lowest BCUT2D eigenvalue weighted by Gasteiger charge is -2.34. The van der Waals surface area contributed by atoms with Crippen LogP contribution in [0.25, 0.3) is 4.96 Å². The van der Waals surface area contributed by atoms with Crippen molar-refractivity contribution in [3.05, 3.63) is 40.7 Å². The number of aromatic amines is 1. The van der Waals surface area contributed by atoms with Gasteiger partial charge in [0.2, 0.25) is 0 Å². The molecule has 0 aromatic carbocycles. The lowest BCUT2D eigenvalue weighted by atomic mass is 10.0. The molecule has 0 aliphatic carbocycles. The van der Waals surface area contributed by atoms with E-state index in [9.17, 15) is 0 Å². The van der Waals surface area contributed by atoms with Gasteiger partial charge in [0.1, 0.15) is 5.82 Å². The molecule has 1 fully saturated rings. The number of imidazole rings is 2. The predicted octanol–water partition coefficient (Wildman–Crippen LogP) is 3.46. The Morgan fingerprint density at radius 1 is 1.36 bits per heavy atom. The molecular formula is C16H21N5S. The SMILES string of the molecule is Cc1cn2c(CN3CCCC[C@@H]3c3ncc[nH]3)c(C)nc2s1. The van der Waals surface area contributed by atoms with E-state index in [1.165, 1.54) is 29.8 Å². The average Bonchev–Trinajstić information content (AvgIpc) is 3.19. The van der Waals surface area contributed by atoms with Crippen LogP contribution in [0.5, 0.6) is 0 Å². The molecule has 1 N–H and O–H groups in total. The number of nitrogens with zero attached hydrogens (tertiary/aromatic N) is 4. The van der Waals surface area contributed by atoms with Crippen molar-refractivity contribution < 1.29 is 0 Å². The zero-order chi connectivity index (χ0) is 15.1. The van der Waals surface area contributed by atoms with Crippen molar-refractivity contribution in [1.82, 2.24) is 24.3 Å². The van der Waals surface area contributed by atoms with Crippen LogP contribution in [0.3, 0.4) is 0 Å². The summed E-state index contributed by atoms with van der Waals surface area (Å²) in [6, 6.07) is 0.397. The first-order valence-electron chi connectivity index (χ1n) is 7.89. The van der Waals surface area contributed by atoms with E-state index >= 15 is 0 Å². The third kappa shape index (κ3) is 2.36. The highest BCUT2D eigenvalue weighted by atomic mass is 32.1. The molecule has 22 heavy (non-hydrogen) atoms. The molecule has 0 unspecified atom stereocenters. The topological polar surface area (TPSA) is 49.2 Å². The molecular weight excluding hydrogens is 294 g/mol. The van der Waals surface area contributed by atoms with Crippen LogP contribution in [0.4, 0.5) is 0 Å².